The SMILES string of the molecule is C=C1C[C@@]23CC[C@H]4[C@@](C)(CCC[C@@]4(C)C(=O)O)[C@H]2CC[C@]1(O[C@H]1O[C@@H](CO)[C@H](O)[C@@H](O[C@H]2O[C@@H](CO)[C@H](O)[C@@H](O)[C@@H]2O)[C@@H]1O[C@H]1O[C@@H](CO)[C@H](O)[C@@H](O)[C@@H]1O)C3. The first-order valence-corrected chi connectivity index (χ1v) is 19.9. The lowest BCUT2D eigenvalue weighted by Gasteiger charge is -2.64. The quantitative estimate of drug-likeness (QED) is 0.0812. The number of hydrogen-bond donors (Lipinski definition) is 11. The fourth-order valence-corrected chi connectivity index (χ4v) is 12.1. The first kappa shape index (κ1) is 42.7. The van der Waals surface area contributed by atoms with Crippen molar-refractivity contribution in [3.8, 4) is 0 Å². The molecule has 320 valence electrons. The molecule has 7 rings (SSSR count). The van der Waals surface area contributed by atoms with Crippen LogP contribution < -0.4 is 0 Å². The normalized spacial score (nSPS) is 54.6. The van der Waals surface area contributed by atoms with Crippen molar-refractivity contribution in [2.75, 3.05) is 19.8 Å². The van der Waals surface area contributed by atoms with Gasteiger partial charge in [0.1, 0.15) is 73.2 Å². The lowest BCUT2D eigenvalue weighted by molar-refractivity contribution is -0.400. The number of aliphatic hydroxyl groups is 10. The second kappa shape index (κ2) is 15.6. The Morgan fingerprint density at radius 1 is 0.679 bits per heavy atom. The number of aliphatic hydroxyl groups excluding tert-OH is 10. The number of fused-ring (bicyclic) bond motifs is 3. The molecule has 4 aliphatic carbocycles. The summed E-state index contributed by atoms with van der Waals surface area (Å²) in [5.41, 5.74) is -1.63. The highest BCUT2D eigenvalue weighted by Gasteiger charge is 2.69. The predicted octanol–water partition coefficient (Wildman–Crippen LogP) is -2.37. The van der Waals surface area contributed by atoms with Crippen LogP contribution in [0.2, 0.25) is 0 Å². The molecule has 0 unspecified atom stereocenters. The van der Waals surface area contributed by atoms with Crippen LogP contribution in [0, 0.1) is 28.1 Å². The van der Waals surface area contributed by atoms with Crippen molar-refractivity contribution in [1.82, 2.24) is 0 Å². The van der Waals surface area contributed by atoms with Crippen molar-refractivity contribution in [1.29, 1.82) is 0 Å². The van der Waals surface area contributed by atoms with E-state index in [4.69, 9.17) is 28.4 Å². The summed E-state index contributed by atoms with van der Waals surface area (Å²) in [6.45, 7) is 6.28. The Morgan fingerprint density at radius 2 is 1.20 bits per heavy atom. The molecule has 18 heteroatoms. The Hall–Kier alpha value is -1.43. The molecule has 11 N–H and O–H groups in total. The van der Waals surface area contributed by atoms with E-state index in [0.717, 1.165) is 31.3 Å². The second-order valence-electron chi connectivity index (χ2n) is 18.0. The summed E-state index contributed by atoms with van der Waals surface area (Å²) < 4.78 is 36.7. The molecule has 21 atom stereocenters. The Kier molecular flexibility index (Phi) is 11.9. The monoisotopic (exact) mass is 804 g/mol. The van der Waals surface area contributed by atoms with Gasteiger partial charge in [0.25, 0.3) is 0 Å². The lowest BCUT2D eigenvalue weighted by atomic mass is 9.41. The molecule has 1 spiro atoms. The van der Waals surface area contributed by atoms with E-state index in [-0.39, 0.29) is 22.7 Å². The van der Waals surface area contributed by atoms with Crippen LogP contribution in [0.3, 0.4) is 0 Å². The van der Waals surface area contributed by atoms with Crippen molar-refractivity contribution >= 4 is 5.97 Å². The summed E-state index contributed by atoms with van der Waals surface area (Å²) in [6, 6.07) is 0. The molecule has 0 aromatic rings. The van der Waals surface area contributed by atoms with Gasteiger partial charge in [-0.25, -0.2) is 0 Å². The molecule has 0 aromatic carbocycles. The summed E-state index contributed by atoms with van der Waals surface area (Å²) >= 11 is 0. The Balaban J connectivity index is 1.21. The van der Waals surface area contributed by atoms with Crippen molar-refractivity contribution in [2.24, 2.45) is 28.1 Å². The highest BCUT2D eigenvalue weighted by molar-refractivity contribution is 5.75. The Morgan fingerprint density at radius 3 is 1.75 bits per heavy atom. The predicted molar refractivity (Wildman–Crippen MR) is 187 cm³/mol. The van der Waals surface area contributed by atoms with Crippen LogP contribution in [0.5, 0.6) is 0 Å². The van der Waals surface area contributed by atoms with Gasteiger partial charge in [-0.15, -0.1) is 0 Å². The van der Waals surface area contributed by atoms with Gasteiger partial charge in [0.15, 0.2) is 18.9 Å². The maximum absolute atomic E-state index is 12.7. The zero-order chi connectivity index (χ0) is 40.7. The molecule has 3 saturated heterocycles. The van der Waals surface area contributed by atoms with Crippen LogP contribution in [0.15, 0.2) is 12.2 Å². The molecule has 7 fully saturated rings. The van der Waals surface area contributed by atoms with E-state index >= 15 is 0 Å². The van der Waals surface area contributed by atoms with Gasteiger partial charge in [-0.2, -0.15) is 0 Å². The van der Waals surface area contributed by atoms with E-state index in [2.05, 4.69) is 13.5 Å². The van der Waals surface area contributed by atoms with Gasteiger partial charge >= 0.3 is 5.97 Å². The molecule has 0 aromatic heterocycles. The number of aliphatic carboxylic acids is 1. The number of carboxylic acids is 1. The molecule has 7 aliphatic rings. The maximum atomic E-state index is 12.7. The zero-order valence-electron chi connectivity index (χ0n) is 31.8. The first-order valence-electron chi connectivity index (χ1n) is 19.9. The van der Waals surface area contributed by atoms with Gasteiger partial charge in [0, 0.05) is 0 Å². The summed E-state index contributed by atoms with van der Waals surface area (Å²) in [5, 5.41) is 116. The summed E-state index contributed by atoms with van der Waals surface area (Å²) in [4.78, 5) is 12.7. The second-order valence-corrected chi connectivity index (χ2v) is 18.0. The van der Waals surface area contributed by atoms with E-state index in [0.29, 0.717) is 32.1 Å². The van der Waals surface area contributed by atoms with Gasteiger partial charge in [-0.3, -0.25) is 4.79 Å². The van der Waals surface area contributed by atoms with Crippen LogP contribution in [0.4, 0.5) is 0 Å². The summed E-state index contributed by atoms with van der Waals surface area (Å²) in [6.07, 6.45) is -19.3. The van der Waals surface area contributed by atoms with Crippen LogP contribution in [0.25, 0.3) is 0 Å². The highest BCUT2D eigenvalue weighted by Crippen LogP contribution is 2.73. The van der Waals surface area contributed by atoms with Gasteiger partial charge in [-0.05, 0) is 86.5 Å². The fraction of sp³-hybridized carbons (Fsp3) is 0.921. The minimum atomic E-state index is -1.91. The average Bonchev–Trinajstić information content (AvgIpc) is 3.36. The summed E-state index contributed by atoms with van der Waals surface area (Å²) in [7, 11) is 0. The Bertz CT molecular complexity index is 1450. The van der Waals surface area contributed by atoms with Crippen LogP contribution in [-0.4, -0.2) is 180 Å². The number of ether oxygens (including phenoxy) is 6. The largest absolute Gasteiger partial charge is 0.481 e. The van der Waals surface area contributed by atoms with Crippen molar-refractivity contribution in [3.05, 3.63) is 12.2 Å². The van der Waals surface area contributed by atoms with E-state index in [9.17, 15) is 61.0 Å². The molecule has 0 radical (unpaired) electrons. The summed E-state index contributed by atoms with van der Waals surface area (Å²) in [5.74, 6) is -0.606. The van der Waals surface area contributed by atoms with Gasteiger partial charge in [0.2, 0.25) is 0 Å². The molecule has 3 aliphatic heterocycles. The molecule has 4 saturated carbocycles. The molecule has 2 bridgehead atoms. The van der Waals surface area contributed by atoms with Crippen LogP contribution >= 0.6 is 0 Å². The standard InChI is InChI=1S/C38H60O18/c1-16-11-37-9-5-20-35(2,7-4-8-36(20,3)34(49)50)21(37)6-10-38(16,15-37)56-33-30(55-32-28(48)26(46)23(43)18(13-40)52-32)29(24(44)19(14-41)53-33)54-31-27(47)25(45)22(42)17(12-39)51-31/h17-33,39-48H,1,4-15H2,2-3H3,(H,49,50)/t17-,18-,19-,20-,21+,22-,23-,24-,25+,26+,27-,28-,29+,30-,31+,32+,33+,35+,36+,37+,38-/m0/s1. The first-order chi connectivity index (χ1) is 26.4. The number of carboxylic acid groups (broad SMARTS) is 1. The smallest absolute Gasteiger partial charge is 0.309 e. The van der Waals surface area contributed by atoms with E-state index in [1.54, 1.807) is 0 Å². The minimum absolute atomic E-state index is 0.00993. The van der Waals surface area contributed by atoms with Gasteiger partial charge < -0.3 is 84.6 Å². The number of rotatable bonds is 10. The highest BCUT2D eigenvalue weighted by atomic mass is 16.8. The third-order valence-electron chi connectivity index (χ3n) is 15.0. The zero-order valence-corrected chi connectivity index (χ0v) is 31.8. The van der Waals surface area contributed by atoms with Crippen molar-refractivity contribution in [3.63, 3.8) is 0 Å². The van der Waals surface area contributed by atoms with Crippen LogP contribution in [-0.2, 0) is 33.2 Å². The lowest BCUT2D eigenvalue weighted by Crippen LogP contribution is -2.68. The molecular weight excluding hydrogens is 744 g/mol. The average molecular weight is 805 g/mol. The number of hydrogen-bond acceptors (Lipinski definition) is 17. The number of carbonyl (C=O) groups is 1. The van der Waals surface area contributed by atoms with E-state index in [1.165, 1.54) is 0 Å². The molecular formula is C38H60O18. The third kappa shape index (κ3) is 6.69. The molecule has 3 heterocycles. The Labute approximate surface area is 324 Å². The maximum Gasteiger partial charge on any atom is 0.309 e. The molecule has 56 heavy (non-hydrogen) atoms. The van der Waals surface area contributed by atoms with Crippen molar-refractivity contribution in [2.45, 2.75) is 169 Å². The minimum Gasteiger partial charge on any atom is -0.481 e. The molecule has 0 amide bonds. The third-order valence-corrected chi connectivity index (χ3v) is 15.0. The fourth-order valence-electron chi connectivity index (χ4n) is 12.1. The van der Waals surface area contributed by atoms with E-state index < -0.39 is 129 Å². The topological polar surface area (TPSA) is 295 Å². The van der Waals surface area contributed by atoms with Gasteiger partial charge in [0.05, 0.1) is 30.8 Å². The molecule has 18 nitrogen and oxygen atoms in total. The van der Waals surface area contributed by atoms with Gasteiger partial charge in [-0.1, -0.05) is 19.9 Å². The van der Waals surface area contributed by atoms with E-state index in [1.807, 2.05) is 6.92 Å². The van der Waals surface area contributed by atoms with Crippen LogP contribution in [0.1, 0.15) is 71.6 Å². The van der Waals surface area contributed by atoms with Crippen molar-refractivity contribution < 1.29 is 89.4 Å².